The van der Waals surface area contributed by atoms with Gasteiger partial charge in [-0.1, -0.05) is 17.7 Å². The number of nitrogens with one attached hydrogen (secondary N) is 1. The fraction of sp³-hybridized carbons (Fsp3) is 0.312. The zero-order chi connectivity index (χ0) is 16.8. The quantitative estimate of drug-likeness (QED) is 0.861. The van der Waals surface area contributed by atoms with Gasteiger partial charge >= 0.3 is 0 Å². The van der Waals surface area contributed by atoms with Gasteiger partial charge in [-0.15, -0.1) is 0 Å². The van der Waals surface area contributed by atoms with Crippen LogP contribution in [0, 0.1) is 22.7 Å². The van der Waals surface area contributed by atoms with Crippen LogP contribution in [0.25, 0.3) is 0 Å². The molecule has 23 heavy (non-hydrogen) atoms. The van der Waals surface area contributed by atoms with Crippen molar-refractivity contribution in [1.29, 1.82) is 10.5 Å². The van der Waals surface area contributed by atoms with Crippen molar-refractivity contribution in [3.63, 3.8) is 0 Å². The van der Waals surface area contributed by atoms with Crippen molar-refractivity contribution in [2.24, 2.45) is 0 Å². The molecule has 0 spiro atoms. The second-order valence-corrected chi connectivity index (χ2v) is 5.46. The van der Waals surface area contributed by atoms with E-state index in [4.69, 9.17) is 22.1 Å². The molecule has 2 rings (SSSR count). The van der Waals surface area contributed by atoms with E-state index in [9.17, 15) is 4.79 Å². The third kappa shape index (κ3) is 3.94. The fourth-order valence-electron chi connectivity index (χ4n) is 2.44. The Morgan fingerprint density at radius 1 is 1.26 bits per heavy atom. The van der Waals surface area contributed by atoms with Gasteiger partial charge in [0.05, 0.1) is 16.4 Å². The van der Waals surface area contributed by atoms with Crippen LogP contribution in [0.5, 0.6) is 0 Å². The van der Waals surface area contributed by atoms with Gasteiger partial charge in [-0.05, 0) is 12.1 Å². The molecule has 1 aliphatic heterocycles. The number of carbonyl (C=O) groups excluding carboxylic acids is 1. The molecule has 0 unspecified atom stereocenters. The first-order chi connectivity index (χ1) is 11.1. The maximum Gasteiger partial charge on any atom is 0.219 e. The highest BCUT2D eigenvalue weighted by Crippen LogP contribution is 2.34. The van der Waals surface area contributed by atoms with E-state index in [1.807, 2.05) is 6.07 Å². The Morgan fingerprint density at radius 3 is 2.48 bits per heavy atom. The summed E-state index contributed by atoms with van der Waals surface area (Å²) in [6.45, 7) is 4.18. The number of rotatable bonds is 3. The number of nitriles is 2. The first kappa shape index (κ1) is 16.7. The molecule has 0 aliphatic carbocycles. The summed E-state index contributed by atoms with van der Waals surface area (Å²) < 4.78 is 0. The van der Waals surface area contributed by atoms with Crippen LogP contribution in [0.1, 0.15) is 6.92 Å². The summed E-state index contributed by atoms with van der Waals surface area (Å²) in [5, 5.41) is 21.2. The third-order valence-corrected chi connectivity index (χ3v) is 3.95. The van der Waals surface area contributed by atoms with Crippen LogP contribution in [0.15, 0.2) is 30.0 Å². The van der Waals surface area contributed by atoms with E-state index in [2.05, 4.69) is 10.2 Å². The van der Waals surface area contributed by atoms with Crippen LogP contribution in [-0.2, 0) is 4.79 Å². The number of nitrogens with zero attached hydrogens (tertiary/aromatic N) is 4. The fourth-order valence-corrected chi connectivity index (χ4v) is 2.73. The van der Waals surface area contributed by atoms with Crippen molar-refractivity contribution in [1.82, 2.24) is 4.90 Å². The first-order valence-electron chi connectivity index (χ1n) is 7.12. The maximum absolute atomic E-state index is 11.4. The summed E-state index contributed by atoms with van der Waals surface area (Å²) in [6.07, 6.45) is 1.36. The van der Waals surface area contributed by atoms with Gasteiger partial charge in [0.2, 0.25) is 5.91 Å². The van der Waals surface area contributed by atoms with E-state index in [1.54, 1.807) is 36.1 Å². The normalized spacial score (nSPS) is 13.7. The molecule has 1 heterocycles. The van der Waals surface area contributed by atoms with Gasteiger partial charge in [-0.25, -0.2) is 0 Å². The highest BCUT2D eigenvalue weighted by molar-refractivity contribution is 6.34. The van der Waals surface area contributed by atoms with Gasteiger partial charge in [0.25, 0.3) is 0 Å². The Labute approximate surface area is 140 Å². The Hall–Kier alpha value is -2.70. The highest BCUT2D eigenvalue weighted by atomic mass is 35.5. The molecule has 1 aliphatic rings. The minimum atomic E-state index is -0.0164. The summed E-state index contributed by atoms with van der Waals surface area (Å²) in [5.41, 5.74) is 1.51. The van der Waals surface area contributed by atoms with Gasteiger partial charge in [0.1, 0.15) is 17.7 Å². The Morgan fingerprint density at radius 2 is 1.91 bits per heavy atom. The molecule has 0 saturated carbocycles. The number of para-hydroxylation sites is 1. The zero-order valence-corrected chi connectivity index (χ0v) is 13.5. The molecular weight excluding hydrogens is 314 g/mol. The molecule has 118 valence electrons. The van der Waals surface area contributed by atoms with E-state index in [1.165, 1.54) is 6.20 Å². The van der Waals surface area contributed by atoms with Crippen LogP contribution in [0.3, 0.4) is 0 Å². The van der Waals surface area contributed by atoms with Crippen molar-refractivity contribution in [2.45, 2.75) is 6.92 Å². The lowest BCUT2D eigenvalue weighted by atomic mass is 10.2. The average molecular weight is 330 g/mol. The second-order valence-electron chi connectivity index (χ2n) is 5.06. The Bertz CT molecular complexity index is 692. The summed E-state index contributed by atoms with van der Waals surface area (Å²) in [5.74, 6) is 0.0674. The molecular formula is C16H16ClN5O. The number of benzene rings is 1. The molecule has 1 fully saturated rings. The molecule has 7 heteroatoms. The maximum atomic E-state index is 11.4. The van der Waals surface area contributed by atoms with Crippen LogP contribution in [0.4, 0.5) is 11.4 Å². The molecule has 6 nitrogen and oxygen atoms in total. The van der Waals surface area contributed by atoms with Crippen molar-refractivity contribution in [3.8, 4) is 12.1 Å². The van der Waals surface area contributed by atoms with Gasteiger partial charge in [0.15, 0.2) is 0 Å². The topological polar surface area (TPSA) is 83.2 Å². The van der Waals surface area contributed by atoms with Crippen molar-refractivity contribution in [2.75, 3.05) is 36.4 Å². The molecule has 0 radical (unpaired) electrons. The largest absolute Gasteiger partial charge is 0.365 e. The van der Waals surface area contributed by atoms with Gasteiger partial charge < -0.3 is 15.1 Å². The molecule has 0 aromatic heterocycles. The number of halogens is 1. The SMILES string of the molecule is CC(=O)N1CCN(c2c(Cl)cccc2NC=C(C#N)C#N)CC1. The molecule has 1 N–H and O–H groups in total. The van der Waals surface area contributed by atoms with E-state index in [0.29, 0.717) is 31.2 Å². The second kappa shape index (κ2) is 7.53. The molecule has 0 atom stereocenters. The number of carbonyl (C=O) groups is 1. The monoisotopic (exact) mass is 329 g/mol. The summed E-state index contributed by atoms with van der Waals surface area (Å²) in [7, 11) is 0. The first-order valence-corrected chi connectivity index (χ1v) is 7.50. The van der Waals surface area contributed by atoms with Crippen molar-refractivity contribution >= 4 is 28.9 Å². The molecule has 1 amide bonds. The van der Waals surface area contributed by atoms with Gasteiger partial charge in [0, 0.05) is 39.3 Å². The summed E-state index contributed by atoms with van der Waals surface area (Å²) >= 11 is 6.33. The van der Waals surface area contributed by atoms with E-state index < -0.39 is 0 Å². The molecule has 1 saturated heterocycles. The minimum absolute atomic E-state index is 0.0164. The van der Waals surface area contributed by atoms with E-state index in [-0.39, 0.29) is 11.5 Å². The van der Waals surface area contributed by atoms with Crippen molar-refractivity contribution in [3.05, 3.63) is 35.0 Å². The Kier molecular flexibility index (Phi) is 5.46. The smallest absolute Gasteiger partial charge is 0.219 e. The number of amides is 1. The lowest BCUT2D eigenvalue weighted by molar-refractivity contribution is -0.129. The summed E-state index contributed by atoms with van der Waals surface area (Å²) in [6, 6.07) is 9.02. The van der Waals surface area contributed by atoms with Crippen LogP contribution >= 0.6 is 11.6 Å². The molecule has 0 bridgehead atoms. The van der Waals surface area contributed by atoms with Gasteiger partial charge in [-0.3, -0.25) is 4.79 Å². The number of anilines is 2. The lowest BCUT2D eigenvalue weighted by Gasteiger charge is -2.36. The molecule has 1 aromatic rings. The van der Waals surface area contributed by atoms with Gasteiger partial charge in [-0.2, -0.15) is 10.5 Å². The van der Waals surface area contributed by atoms with E-state index in [0.717, 1.165) is 11.4 Å². The predicted octanol–water partition coefficient (Wildman–Crippen LogP) is 2.35. The number of hydrogen-bond acceptors (Lipinski definition) is 5. The van der Waals surface area contributed by atoms with Crippen LogP contribution < -0.4 is 10.2 Å². The van der Waals surface area contributed by atoms with E-state index >= 15 is 0 Å². The average Bonchev–Trinajstić information content (AvgIpc) is 2.56. The third-order valence-electron chi connectivity index (χ3n) is 3.64. The molecule has 1 aromatic carbocycles. The lowest BCUT2D eigenvalue weighted by Crippen LogP contribution is -2.48. The van der Waals surface area contributed by atoms with Crippen LogP contribution in [-0.4, -0.2) is 37.0 Å². The number of piperazine rings is 1. The Balaban J connectivity index is 2.23. The minimum Gasteiger partial charge on any atom is -0.365 e. The van der Waals surface area contributed by atoms with Crippen LogP contribution in [0.2, 0.25) is 5.02 Å². The highest BCUT2D eigenvalue weighted by Gasteiger charge is 2.22. The standard InChI is InChI=1S/C16H16ClN5O/c1-12(23)21-5-7-22(8-6-21)16-14(17)3-2-4-15(16)20-11-13(9-18)10-19/h2-4,11,20H,5-8H2,1H3. The van der Waals surface area contributed by atoms with Crippen molar-refractivity contribution < 1.29 is 4.79 Å². The number of hydrogen-bond donors (Lipinski definition) is 1. The zero-order valence-electron chi connectivity index (χ0n) is 12.7. The predicted molar refractivity (Wildman–Crippen MR) is 88.9 cm³/mol. The number of allylic oxidation sites excluding steroid dienone is 1. The summed E-state index contributed by atoms with van der Waals surface area (Å²) in [4.78, 5) is 15.3.